The van der Waals surface area contributed by atoms with E-state index in [1.807, 2.05) is 72.8 Å². The Morgan fingerprint density at radius 3 is 1.62 bits per heavy atom. The molecule has 100 valence electrons. The summed E-state index contributed by atoms with van der Waals surface area (Å²) in [5.41, 5.74) is 14.0. The molecule has 0 saturated heterocycles. The fourth-order valence-corrected chi connectivity index (χ4v) is 2.33. The third kappa shape index (κ3) is 2.81. The van der Waals surface area contributed by atoms with E-state index >= 15 is 0 Å². The zero-order valence-electron chi connectivity index (χ0n) is 11.5. The molecular weight excluding hydrogens is 256 g/mol. The van der Waals surface area contributed by atoms with Crippen LogP contribution in [0.15, 0.2) is 84.9 Å². The molecule has 0 aliphatic carbocycles. The van der Waals surface area contributed by atoms with Gasteiger partial charge in [-0.15, -0.1) is 0 Å². The van der Waals surface area contributed by atoms with Crippen LogP contribution in [0.2, 0.25) is 0 Å². The smallest absolute Gasteiger partial charge is 0.329 e. The first-order chi connectivity index (χ1) is 10.4. The molecule has 2 heteroatoms. The van der Waals surface area contributed by atoms with E-state index in [0.29, 0.717) is 5.71 Å². The Morgan fingerprint density at radius 1 is 0.571 bits per heavy atom. The first-order valence-electron chi connectivity index (χ1n) is 6.82. The first-order valence-corrected chi connectivity index (χ1v) is 6.82. The molecule has 0 heterocycles. The van der Waals surface area contributed by atoms with E-state index in [0.717, 1.165) is 16.7 Å². The van der Waals surface area contributed by atoms with Crippen molar-refractivity contribution in [3.05, 3.63) is 102 Å². The van der Waals surface area contributed by atoms with Crippen molar-refractivity contribution in [1.82, 2.24) is 0 Å². The summed E-state index contributed by atoms with van der Waals surface area (Å²) in [6.45, 7) is 0. The van der Waals surface area contributed by atoms with Crippen LogP contribution in [-0.2, 0) is 0 Å². The Balaban J connectivity index is 1.96. The summed E-state index contributed by atoms with van der Waals surface area (Å²) >= 11 is 0. The van der Waals surface area contributed by atoms with Crippen LogP contribution in [0.5, 0.6) is 0 Å². The van der Waals surface area contributed by atoms with Crippen molar-refractivity contribution >= 4 is 5.71 Å². The number of hydrogen-bond acceptors (Lipinski definition) is 0. The third-order valence-corrected chi connectivity index (χ3v) is 3.41. The zero-order chi connectivity index (χ0) is 14.5. The van der Waals surface area contributed by atoms with Crippen molar-refractivity contribution in [2.75, 3.05) is 0 Å². The minimum Gasteiger partial charge on any atom is -0.361 e. The minimum atomic E-state index is 0.579. The molecule has 2 nitrogen and oxygen atoms in total. The molecule has 0 unspecified atom stereocenters. The fourth-order valence-electron chi connectivity index (χ4n) is 2.33. The maximum absolute atomic E-state index is 9.31. The Kier molecular flexibility index (Phi) is 3.72. The molecule has 0 aromatic heterocycles. The van der Waals surface area contributed by atoms with Crippen molar-refractivity contribution in [1.29, 1.82) is 0 Å². The predicted octanol–water partition coefficient (Wildman–Crippen LogP) is 4.42. The van der Waals surface area contributed by atoms with Gasteiger partial charge in [-0.2, -0.15) is 4.79 Å². The Morgan fingerprint density at radius 2 is 1.05 bits per heavy atom. The quantitative estimate of drug-likeness (QED) is 0.384. The highest BCUT2D eigenvalue weighted by Gasteiger charge is 2.14. The molecule has 3 aromatic carbocycles. The largest absolute Gasteiger partial charge is 0.361 e. The van der Waals surface area contributed by atoms with Crippen molar-refractivity contribution in [3.63, 3.8) is 0 Å². The SMILES string of the molecule is [N-]=[N+]=C(c1ccccc1)c1ccc(-c2ccccc2)cc1. The number of rotatable bonds is 3. The maximum Gasteiger partial charge on any atom is 0.329 e. The lowest BCUT2D eigenvalue weighted by Crippen LogP contribution is -2.04. The lowest BCUT2D eigenvalue weighted by atomic mass is 9.99. The monoisotopic (exact) mass is 270 g/mol. The zero-order valence-corrected chi connectivity index (χ0v) is 11.5. The van der Waals surface area contributed by atoms with Crippen LogP contribution in [0.1, 0.15) is 11.1 Å². The van der Waals surface area contributed by atoms with Crippen LogP contribution in [-0.4, -0.2) is 10.5 Å². The van der Waals surface area contributed by atoms with Gasteiger partial charge in [-0.3, -0.25) is 0 Å². The molecule has 0 bridgehead atoms. The summed E-state index contributed by atoms with van der Waals surface area (Å²) in [7, 11) is 0. The molecule has 0 radical (unpaired) electrons. The lowest BCUT2D eigenvalue weighted by Gasteiger charge is -2.02. The fraction of sp³-hybridized carbons (Fsp3) is 0. The van der Waals surface area contributed by atoms with Gasteiger partial charge in [0, 0.05) is 0 Å². The molecule has 3 rings (SSSR count). The van der Waals surface area contributed by atoms with Crippen LogP contribution in [0, 0.1) is 0 Å². The minimum absolute atomic E-state index is 0.579. The van der Waals surface area contributed by atoms with E-state index in [1.165, 1.54) is 5.56 Å². The third-order valence-electron chi connectivity index (χ3n) is 3.41. The average Bonchev–Trinajstić information content (AvgIpc) is 2.58. The summed E-state index contributed by atoms with van der Waals surface area (Å²) in [6, 6.07) is 27.9. The van der Waals surface area contributed by atoms with Gasteiger partial charge in [-0.1, -0.05) is 60.7 Å². The van der Waals surface area contributed by atoms with Gasteiger partial charge < -0.3 is 5.53 Å². The van der Waals surface area contributed by atoms with Gasteiger partial charge >= 0.3 is 5.71 Å². The second-order valence-corrected chi connectivity index (χ2v) is 4.76. The summed E-state index contributed by atoms with van der Waals surface area (Å²) in [5, 5.41) is 0. The van der Waals surface area contributed by atoms with Crippen LogP contribution in [0.4, 0.5) is 0 Å². The highest BCUT2D eigenvalue weighted by atomic mass is 14.9. The molecule has 0 fully saturated rings. The van der Waals surface area contributed by atoms with Gasteiger partial charge in [-0.05, 0) is 35.4 Å². The van der Waals surface area contributed by atoms with Crippen molar-refractivity contribution in [3.8, 4) is 11.1 Å². The molecule has 0 aliphatic rings. The first kappa shape index (κ1) is 13.0. The van der Waals surface area contributed by atoms with Gasteiger partial charge in [0.1, 0.15) is 0 Å². The molecule has 3 aromatic rings. The molecule has 0 atom stereocenters. The van der Waals surface area contributed by atoms with Crippen LogP contribution >= 0.6 is 0 Å². The summed E-state index contributed by atoms with van der Waals surface area (Å²) in [6.07, 6.45) is 0. The number of nitrogens with zero attached hydrogens (tertiary/aromatic N) is 2. The van der Waals surface area contributed by atoms with Crippen LogP contribution in [0.3, 0.4) is 0 Å². The highest BCUT2D eigenvalue weighted by molar-refractivity contribution is 6.09. The molecule has 0 amide bonds. The van der Waals surface area contributed by atoms with E-state index in [9.17, 15) is 5.53 Å². The summed E-state index contributed by atoms with van der Waals surface area (Å²) < 4.78 is 0. The van der Waals surface area contributed by atoms with E-state index in [1.54, 1.807) is 0 Å². The van der Waals surface area contributed by atoms with Crippen LogP contribution in [0.25, 0.3) is 16.7 Å². The van der Waals surface area contributed by atoms with Crippen molar-refractivity contribution < 1.29 is 4.79 Å². The lowest BCUT2D eigenvalue weighted by molar-refractivity contribution is -0.00279. The van der Waals surface area contributed by atoms with Crippen LogP contribution < -0.4 is 0 Å². The molecule has 0 aliphatic heterocycles. The summed E-state index contributed by atoms with van der Waals surface area (Å²) in [5.74, 6) is 0. The Labute approximate surface area is 123 Å². The van der Waals surface area contributed by atoms with Gasteiger partial charge in [0.25, 0.3) is 0 Å². The van der Waals surface area contributed by atoms with Gasteiger partial charge in [0.15, 0.2) is 0 Å². The van der Waals surface area contributed by atoms with E-state index in [-0.39, 0.29) is 0 Å². The molecule has 0 saturated carbocycles. The summed E-state index contributed by atoms with van der Waals surface area (Å²) in [4.78, 5) is 3.45. The van der Waals surface area contributed by atoms with Crippen molar-refractivity contribution in [2.24, 2.45) is 0 Å². The topological polar surface area (TPSA) is 36.4 Å². The second-order valence-electron chi connectivity index (χ2n) is 4.76. The molecule has 0 N–H and O–H groups in total. The van der Waals surface area contributed by atoms with Gasteiger partial charge in [0.2, 0.25) is 0 Å². The normalized spacial score (nSPS) is 9.90. The van der Waals surface area contributed by atoms with E-state index in [2.05, 4.69) is 16.9 Å². The molecular formula is C19H14N2. The number of hydrogen-bond donors (Lipinski definition) is 0. The Hall–Kier alpha value is -2.96. The Bertz CT molecular complexity index is 769. The van der Waals surface area contributed by atoms with Gasteiger partial charge in [0.05, 0.1) is 11.1 Å². The van der Waals surface area contributed by atoms with E-state index in [4.69, 9.17) is 0 Å². The predicted molar refractivity (Wildman–Crippen MR) is 85.2 cm³/mol. The van der Waals surface area contributed by atoms with Gasteiger partial charge in [-0.25, -0.2) is 0 Å². The standard InChI is InChI=1S/C19H14N2/c20-21-19(17-9-5-2-6-10-17)18-13-11-16(12-14-18)15-7-3-1-4-8-15/h1-14H. The maximum atomic E-state index is 9.31. The second kappa shape index (κ2) is 6.00. The average molecular weight is 270 g/mol. The van der Waals surface area contributed by atoms with E-state index < -0.39 is 0 Å². The highest BCUT2D eigenvalue weighted by Crippen LogP contribution is 2.20. The molecule has 0 spiro atoms. The molecule has 21 heavy (non-hydrogen) atoms. The number of benzene rings is 3. The van der Waals surface area contributed by atoms with Crippen molar-refractivity contribution in [2.45, 2.75) is 0 Å².